The average Bonchev–Trinajstić information content (AvgIpc) is 2.96. The first kappa shape index (κ1) is 17.2. The van der Waals surface area contributed by atoms with Crippen LogP contribution in [0.15, 0.2) is 4.52 Å². The standard InChI is InChI=1S/C15H27N3OS2/c1-4-7-11(16-6-3)10-13-17-15(18-19-13)14-12(5-2)20-8-9-21-14/h11-12,14,16H,4-10H2,1-3H3. The summed E-state index contributed by atoms with van der Waals surface area (Å²) in [7, 11) is 0. The van der Waals surface area contributed by atoms with Gasteiger partial charge in [-0.2, -0.15) is 16.7 Å². The van der Waals surface area contributed by atoms with Crippen molar-refractivity contribution in [3.8, 4) is 0 Å². The van der Waals surface area contributed by atoms with Gasteiger partial charge in [0.15, 0.2) is 5.82 Å². The van der Waals surface area contributed by atoms with E-state index in [0.29, 0.717) is 16.5 Å². The Morgan fingerprint density at radius 2 is 2.10 bits per heavy atom. The second-order valence-corrected chi connectivity index (χ2v) is 8.00. The highest BCUT2D eigenvalue weighted by atomic mass is 32.2. The molecule has 1 aromatic heterocycles. The third kappa shape index (κ3) is 4.89. The Hall–Kier alpha value is -0.200. The molecule has 1 aromatic rings. The van der Waals surface area contributed by atoms with Gasteiger partial charge in [0.05, 0.1) is 5.25 Å². The quantitative estimate of drug-likeness (QED) is 0.785. The van der Waals surface area contributed by atoms with Crippen molar-refractivity contribution in [2.24, 2.45) is 0 Å². The summed E-state index contributed by atoms with van der Waals surface area (Å²) in [5.74, 6) is 4.12. The molecule has 0 spiro atoms. The van der Waals surface area contributed by atoms with Gasteiger partial charge in [-0.05, 0) is 19.4 Å². The van der Waals surface area contributed by atoms with E-state index in [2.05, 4.69) is 48.0 Å². The van der Waals surface area contributed by atoms with Gasteiger partial charge in [-0.15, -0.1) is 11.8 Å². The van der Waals surface area contributed by atoms with Crippen LogP contribution in [0, 0.1) is 0 Å². The summed E-state index contributed by atoms with van der Waals surface area (Å²) in [6.45, 7) is 7.59. The first-order valence-corrected chi connectivity index (χ1v) is 10.2. The normalized spacial score (nSPS) is 24.1. The van der Waals surface area contributed by atoms with Gasteiger partial charge in [-0.1, -0.05) is 32.3 Å². The van der Waals surface area contributed by atoms with Gasteiger partial charge >= 0.3 is 0 Å². The molecule has 0 radical (unpaired) electrons. The molecule has 2 rings (SSSR count). The molecule has 1 saturated heterocycles. The lowest BCUT2D eigenvalue weighted by Crippen LogP contribution is -2.30. The van der Waals surface area contributed by atoms with Crippen molar-refractivity contribution in [2.45, 2.75) is 63.0 Å². The summed E-state index contributed by atoms with van der Waals surface area (Å²) >= 11 is 4.03. The van der Waals surface area contributed by atoms with E-state index in [9.17, 15) is 0 Å². The number of thioether (sulfide) groups is 2. The molecule has 1 aliphatic heterocycles. The Labute approximate surface area is 136 Å². The van der Waals surface area contributed by atoms with E-state index in [1.54, 1.807) is 0 Å². The topological polar surface area (TPSA) is 51.0 Å². The van der Waals surface area contributed by atoms with E-state index in [1.165, 1.54) is 24.3 Å². The molecule has 0 bridgehead atoms. The Morgan fingerprint density at radius 1 is 1.29 bits per heavy atom. The molecule has 0 saturated carbocycles. The maximum atomic E-state index is 5.51. The van der Waals surface area contributed by atoms with Crippen LogP contribution >= 0.6 is 23.5 Å². The molecule has 120 valence electrons. The van der Waals surface area contributed by atoms with Crippen LogP contribution in [0.25, 0.3) is 0 Å². The van der Waals surface area contributed by atoms with Gasteiger partial charge in [0.2, 0.25) is 5.89 Å². The average molecular weight is 330 g/mol. The van der Waals surface area contributed by atoms with Crippen molar-refractivity contribution < 1.29 is 4.52 Å². The molecule has 0 aromatic carbocycles. The van der Waals surface area contributed by atoms with Gasteiger partial charge in [0.25, 0.3) is 0 Å². The lowest BCUT2D eigenvalue weighted by atomic mass is 10.1. The van der Waals surface area contributed by atoms with Crippen LogP contribution in [0.3, 0.4) is 0 Å². The van der Waals surface area contributed by atoms with Crippen molar-refractivity contribution in [3.63, 3.8) is 0 Å². The molecule has 21 heavy (non-hydrogen) atoms. The van der Waals surface area contributed by atoms with Crippen molar-refractivity contribution in [3.05, 3.63) is 11.7 Å². The van der Waals surface area contributed by atoms with Crippen molar-refractivity contribution in [2.75, 3.05) is 18.1 Å². The maximum absolute atomic E-state index is 5.51. The van der Waals surface area contributed by atoms with Crippen LogP contribution in [-0.2, 0) is 6.42 Å². The fraction of sp³-hybridized carbons (Fsp3) is 0.867. The van der Waals surface area contributed by atoms with E-state index in [0.717, 1.165) is 31.1 Å². The Kier molecular flexibility index (Phi) is 7.40. The molecule has 1 N–H and O–H groups in total. The predicted octanol–water partition coefficient (Wildman–Crippen LogP) is 3.69. The minimum atomic E-state index is 0.398. The number of nitrogens with one attached hydrogen (secondary N) is 1. The summed E-state index contributed by atoms with van der Waals surface area (Å²) in [6, 6.07) is 0.448. The zero-order valence-corrected chi connectivity index (χ0v) is 14.9. The van der Waals surface area contributed by atoms with Gasteiger partial charge in [-0.3, -0.25) is 0 Å². The van der Waals surface area contributed by atoms with Crippen LogP contribution in [-0.4, -0.2) is 39.5 Å². The van der Waals surface area contributed by atoms with E-state index < -0.39 is 0 Å². The highest BCUT2D eigenvalue weighted by Crippen LogP contribution is 2.42. The highest BCUT2D eigenvalue weighted by molar-refractivity contribution is 8.06. The minimum absolute atomic E-state index is 0.398. The molecule has 2 heterocycles. The molecule has 1 fully saturated rings. The summed E-state index contributed by atoms with van der Waals surface area (Å²) in [5, 5.41) is 8.78. The Morgan fingerprint density at radius 3 is 2.81 bits per heavy atom. The lowest BCUT2D eigenvalue weighted by molar-refractivity contribution is 0.348. The maximum Gasteiger partial charge on any atom is 0.228 e. The summed E-state index contributed by atoms with van der Waals surface area (Å²) < 4.78 is 5.51. The number of aromatic nitrogens is 2. The smallest absolute Gasteiger partial charge is 0.228 e. The van der Waals surface area contributed by atoms with Gasteiger partial charge < -0.3 is 9.84 Å². The molecule has 3 unspecified atom stereocenters. The molecule has 3 atom stereocenters. The summed E-state index contributed by atoms with van der Waals surface area (Å²) in [4.78, 5) is 4.68. The molecule has 0 amide bonds. The third-order valence-corrected chi connectivity index (χ3v) is 6.98. The predicted molar refractivity (Wildman–Crippen MR) is 92.1 cm³/mol. The highest BCUT2D eigenvalue weighted by Gasteiger charge is 2.30. The van der Waals surface area contributed by atoms with Crippen LogP contribution in [0.2, 0.25) is 0 Å². The second-order valence-electron chi connectivity index (χ2n) is 5.40. The van der Waals surface area contributed by atoms with Crippen molar-refractivity contribution >= 4 is 23.5 Å². The van der Waals surface area contributed by atoms with Crippen LogP contribution < -0.4 is 5.32 Å². The number of hydrogen-bond donors (Lipinski definition) is 1. The zero-order chi connectivity index (χ0) is 15.1. The summed E-state index contributed by atoms with van der Waals surface area (Å²) in [5.41, 5.74) is 0. The second kappa shape index (κ2) is 9.06. The molecule has 1 aliphatic rings. The monoisotopic (exact) mass is 329 g/mol. The molecule has 6 heteroatoms. The number of likely N-dealkylation sites (N-methyl/N-ethyl adjacent to an activating group) is 1. The first-order valence-electron chi connectivity index (χ1n) is 8.07. The zero-order valence-electron chi connectivity index (χ0n) is 13.3. The number of nitrogens with zero attached hydrogens (tertiary/aromatic N) is 2. The van der Waals surface area contributed by atoms with Crippen LogP contribution in [0.5, 0.6) is 0 Å². The largest absolute Gasteiger partial charge is 0.339 e. The first-order chi connectivity index (χ1) is 10.3. The SMILES string of the molecule is CCCC(Cc1nc(C2SCCSC2CC)no1)NCC. The summed E-state index contributed by atoms with van der Waals surface area (Å²) in [6.07, 6.45) is 4.33. The Bertz CT molecular complexity index is 407. The van der Waals surface area contributed by atoms with E-state index >= 15 is 0 Å². The number of hydrogen-bond acceptors (Lipinski definition) is 6. The number of rotatable bonds is 8. The van der Waals surface area contributed by atoms with Gasteiger partial charge in [0.1, 0.15) is 0 Å². The molecule has 4 nitrogen and oxygen atoms in total. The van der Waals surface area contributed by atoms with Crippen LogP contribution in [0.1, 0.15) is 57.0 Å². The molecule has 0 aliphatic carbocycles. The molecular weight excluding hydrogens is 302 g/mol. The third-order valence-electron chi connectivity index (χ3n) is 3.74. The van der Waals surface area contributed by atoms with Gasteiger partial charge in [0, 0.05) is 29.2 Å². The van der Waals surface area contributed by atoms with Crippen molar-refractivity contribution in [1.29, 1.82) is 0 Å². The lowest BCUT2D eigenvalue weighted by Gasteiger charge is -2.27. The fourth-order valence-corrected chi connectivity index (χ4v) is 5.71. The van der Waals surface area contributed by atoms with E-state index in [-0.39, 0.29) is 0 Å². The minimum Gasteiger partial charge on any atom is -0.339 e. The van der Waals surface area contributed by atoms with E-state index in [4.69, 9.17) is 4.52 Å². The van der Waals surface area contributed by atoms with Crippen LogP contribution in [0.4, 0.5) is 0 Å². The van der Waals surface area contributed by atoms with Gasteiger partial charge in [-0.25, -0.2) is 0 Å². The Balaban J connectivity index is 1.99. The van der Waals surface area contributed by atoms with Crippen molar-refractivity contribution in [1.82, 2.24) is 15.5 Å². The fourth-order valence-electron chi connectivity index (χ4n) is 2.73. The molecular formula is C15H27N3OS2. The van der Waals surface area contributed by atoms with E-state index in [1.807, 2.05) is 11.8 Å².